The van der Waals surface area contributed by atoms with Gasteiger partial charge in [0.25, 0.3) is 0 Å². The van der Waals surface area contributed by atoms with Crippen molar-refractivity contribution in [3.05, 3.63) is 0 Å². The third kappa shape index (κ3) is 57.9. The molecule has 0 atom stereocenters. The number of hydrogen-bond acceptors (Lipinski definition) is 4. The van der Waals surface area contributed by atoms with Crippen molar-refractivity contribution >= 4 is 0 Å². The summed E-state index contributed by atoms with van der Waals surface area (Å²) in [7, 11) is -4.94. The van der Waals surface area contributed by atoms with Gasteiger partial charge in [0.15, 0.2) is 0 Å². The largest absolute Gasteiger partial charge is 4.00 e. The van der Waals surface area contributed by atoms with Gasteiger partial charge in [-0.1, -0.05) is 0 Å². The monoisotopic (exact) mass is 187 g/mol. The second-order valence-corrected chi connectivity index (χ2v) is 1.13. The van der Waals surface area contributed by atoms with Gasteiger partial charge in [-0.2, -0.15) is 0 Å². The van der Waals surface area contributed by atoms with Crippen molar-refractivity contribution in [2.45, 2.75) is 0 Å². The average molecular weight is 187 g/mol. The molecule has 0 rings (SSSR count). The fourth-order valence-corrected chi connectivity index (χ4v) is 0. The van der Waals surface area contributed by atoms with Crippen LogP contribution < -0.4 is 70.0 Å². The first-order valence-electron chi connectivity index (χ1n) is 0.617. The molecule has 0 heterocycles. The van der Waals surface area contributed by atoms with Gasteiger partial charge in [0.1, 0.15) is 0 Å². The maximum Gasteiger partial charge on any atom is 4.00 e. The van der Waals surface area contributed by atoms with Crippen LogP contribution in [0, 0.1) is 10.2 Å². The van der Waals surface area contributed by atoms with Crippen molar-refractivity contribution < 1.29 is 103 Å². The molecule has 0 amide bonds. The number of halogens is 1. The molecule has 0 spiro atoms. The zero-order valence-electron chi connectivity index (χ0n) is 4.51. The first-order chi connectivity index (χ1) is 2.00. The molecule has 0 aromatic rings. The minimum Gasteiger partial charge on any atom is -1.00 e. The molecule has 0 aliphatic heterocycles. The molecular formula is HClKO4Ti+3. The van der Waals surface area contributed by atoms with Gasteiger partial charge in [-0.25, -0.2) is 18.6 Å². The van der Waals surface area contributed by atoms with Crippen LogP contribution in [-0.2, 0) is 21.7 Å². The molecule has 7 heteroatoms. The van der Waals surface area contributed by atoms with Crippen molar-refractivity contribution in [2.24, 2.45) is 0 Å². The second-order valence-electron chi connectivity index (χ2n) is 0.378. The Morgan fingerprint density at radius 1 is 1.00 bits per heavy atom. The van der Waals surface area contributed by atoms with E-state index in [2.05, 4.69) is 0 Å². The Kier molecular flexibility index (Phi) is 15.3. The van der Waals surface area contributed by atoms with Crippen LogP contribution in [0.1, 0.15) is 1.43 Å². The summed E-state index contributed by atoms with van der Waals surface area (Å²) >= 11 is 0. The summed E-state index contributed by atoms with van der Waals surface area (Å²) in [5.41, 5.74) is 0. The van der Waals surface area contributed by atoms with Gasteiger partial charge in [-0.05, 0) is 0 Å². The van der Waals surface area contributed by atoms with E-state index in [0.29, 0.717) is 0 Å². The van der Waals surface area contributed by atoms with Crippen molar-refractivity contribution in [1.29, 1.82) is 0 Å². The Bertz CT molecular complexity index is 31.5. The Morgan fingerprint density at radius 3 is 1.00 bits per heavy atom. The van der Waals surface area contributed by atoms with Crippen LogP contribution in [0.4, 0.5) is 0 Å². The van der Waals surface area contributed by atoms with E-state index in [4.69, 9.17) is 18.6 Å². The second kappa shape index (κ2) is 6.60. The van der Waals surface area contributed by atoms with E-state index in [-0.39, 0.29) is 74.5 Å². The fourth-order valence-electron chi connectivity index (χ4n) is 0. The van der Waals surface area contributed by atoms with Gasteiger partial charge >= 0.3 is 73.1 Å². The summed E-state index contributed by atoms with van der Waals surface area (Å²) in [5, 5.41) is 0. The van der Waals surface area contributed by atoms with Crippen LogP contribution in [0.15, 0.2) is 0 Å². The number of rotatable bonds is 0. The average Bonchev–Trinajstić information content (AvgIpc) is 0.722. The van der Waals surface area contributed by atoms with Crippen LogP contribution in [0.2, 0.25) is 0 Å². The third-order valence-electron chi connectivity index (χ3n) is 0. The van der Waals surface area contributed by atoms with Gasteiger partial charge < -0.3 is 1.43 Å². The molecule has 0 N–H and O–H groups in total. The molecule has 0 aliphatic carbocycles. The summed E-state index contributed by atoms with van der Waals surface area (Å²) in [6.45, 7) is 0. The van der Waals surface area contributed by atoms with Crippen molar-refractivity contribution in [2.75, 3.05) is 0 Å². The predicted molar refractivity (Wildman–Crippen MR) is 1.11 cm³/mol. The molecule has 0 radical (unpaired) electrons. The quantitative estimate of drug-likeness (QED) is 0.352. The normalized spacial score (nSPS) is 8.57. The summed E-state index contributed by atoms with van der Waals surface area (Å²) in [5.74, 6) is 0. The molecule has 0 fully saturated rings. The van der Waals surface area contributed by atoms with Crippen molar-refractivity contribution in [1.82, 2.24) is 0 Å². The Balaban J connectivity index is -0.0000000267. The summed E-state index contributed by atoms with van der Waals surface area (Å²) in [4.78, 5) is 0. The Labute approximate surface area is 101 Å². The molecule has 0 aromatic heterocycles. The van der Waals surface area contributed by atoms with E-state index >= 15 is 0 Å². The first kappa shape index (κ1) is 16.2. The summed E-state index contributed by atoms with van der Waals surface area (Å²) in [6.07, 6.45) is 0. The first-order valence-corrected chi connectivity index (χ1v) is 1.85. The maximum atomic E-state index is 8.49. The van der Waals surface area contributed by atoms with E-state index in [0.717, 1.165) is 0 Å². The van der Waals surface area contributed by atoms with Gasteiger partial charge in [-0.3, -0.25) is 0 Å². The molecule has 0 saturated heterocycles. The van der Waals surface area contributed by atoms with Crippen molar-refractivity contribution in [3.8, 4) is 0 Å². The molecule has 0 bridgehead atoms. The Morgan fingerprint density at radius 2 is 1.00 bits per heavy atom. The summed E-state index contributed by atoms with van der Waals surface area (Å²) < 4.78 is 34.0. The van der Waals surface area contributed by atoms with Crippen LogP contribution in [0.5, 0.6) is 0 Å². The molecule has 34 valence electrons. The van der Waals surface area contributed by atoms with Crippen LogP contribution in [0.3, 0.4) is 0 Å². The molecule has 0 unspecified atom stereocenters. The topological polar surface area (TPSA) is 92.2 Å². The van der Waals surface area contributed by atoms with E-state index in [9.17, 15) is 0 Å². The minimum atomic E-state index is -4.94. The molecule has 0 aliphatic rings. The number of hydrogen-bond donors (Lipinski definition) is 0. The van der Waals surface area contributed by atoms with Crippen molar-refractivity contribution in [3.63, 3.8) is 0 Å². The zero-order valence-corrected chi connectivity index (χ0v) is 8.95. The minimum absolute atomic E-state index is 0. The van der Waals surface area contributed by atoms with Gasteiger partial charge in [-0.15, -0.1) is 10.2 Å². The van der Waals surface area contributed by atoms with Gasteiger partial charge in [0.2, 0.25) is 0 Å². The van der Waals surface area contributed by atoms with Crippen LogP contribution >= 0.6 is 0 Å². The third-order valence-corrected chi connectivity index (χ3v) is 0. The molecular weight excluding hydrogens is 186 g/mol. The van der Waals surface area contributed by atoms with E-state index in [1.54, 1.807) is 0 Å². The zero-order chi connectivity index (χ0) is 4.50. The van der Waals surface area contributed by atoms with Gasteiger partial charge in [0.05, 0.1) is 0 Å². The summed E-state index contributed by atoms with van der Waals surface area (Å²) in [6, 6.07) is 0. The van der Waals surface area contributed by atoms with Crippen LogP contribution in [-0.4, -0.2) is 0 Å². The molecule has 7 heavy (non-hydrogen) atoms. The Hall–Kier alpha value is 2.48. The maximum absolute atomic E-state index is 8.49. The van der Waals surface area contributed by atoms with Crippen LogP contribution in [0.25, 0.3) is 0 Å². The van der Waals surface area contributed by atoms with E-state index < -0.39 is 10.2 Å². The van der Waals surface area contributed by atoms with E-state index in [1.807, 2.05) is 0 Å². The van der Waals surface area contributed by atoms with E-state index in [1.165, 1.54) is 0 Å². The molecule has 0 saturated carbocycles. The smallest absolute Gasteiger partial charge is 1.00 e. The predicted octanol–water partition coefficient (Wildman–Crippen LogP) is -7.64. The van der Waals surface area contributed by atoms with Gasteiger partial charge in [0, 0.05) is 0 Å². The molecule has 0 aromatic carbocycles. The fraction of sp³-hybridized carbons (Fsp3) is 0. The standard InChI is InChI=1S/ClHO4.K.Ti.H/c2-1(3,4)5;;;/h(H,2,3,4,5);;;/q;+1;+4;-1/p-1. The SMILES string of the molecule is [H-].[K+].[O-][Cl+3]([O-])([O-])[O-].[Ti+4]. The molecule has 4 nitrogen and oxygen atoms in total.